The van der Waals surface area contributed by atoms with Crippen LogP contribution in [0, 0.1) is 11.3 Å². The Kier molecular flexibility index (Phi) is 6.77. The summed E-state index contributed by atoms with van der Waals surface area (Å²) in [4.78, 5) is 32.1. The SMILES string of the molecule is CC(C)(C)C1CCc2c(sc(NC(=O)c3cc(-c4ccc(Cl)c(Cl)c4)nc4ccccc34)c2C(N)=O)C1. The van der Waals surface area contributed by atoms with Crippen LogP contribution in [-0.2, 0) is 12.8 Å². The molecule has 0 aliphatic heterocycles. The van der Waals surface area contributed by atoms with Crippen molar-refractivity contribution in [3.8, 4) is 11.3 Å². The molecule has 0 bridgehead atoms. The third-order valence-corrected chi connectivity index (χ3v) is 9.05. The summed E-state index contributed by atoms with van der Waals surface area (Å²) >= 11 is 13.8. The van der Waals surface area contributed by atoms with Gasteiger partial charge < -0.3 is 11.1 Å². The zero-order valence-corrected chi connectivity index (χ0v) is 23.2. The number of benzene rings is 2. The van der Waals surface area contributed by atoms with Crippen LogP contribution in [0.4, 0.5) is 5.00 Å². The van der Waals surface area contributed by atoms with E-state index in [1.807, 2.05) is 30.3 Å². The number of aromatic nitrogens is 1. The van der Waals surface area contributed by atoms with Crippen LogP contribution < -0.4 is 11.1 Å². The van der Waals surface area contributed by atoms with Gasteiger partial charge >= 0.3 is 0 Å². The molecule has 0 spiro atoms. The smallest absolute Gasteiger partial charge is 0.257 e. The van der Waals surface area contributed by atoms with Crippen LogP contribution in [0.15, 0.2) is 48.5 Å². The Hall–Kier alpha value is -2.93. The van der Waals surface area contributed by atoms with Gasteiger partial charge in [0.2, 0.25) is 0 Å². The van der Waals surface area contributed by atoms with E-state index in [-0.39, 0.29) is 11.3 Å². The molecule has 4 aromatic rings. The van der Waals surface area contributed by atoms with Crippen LogP contribution in [0.3, 0.4) is 0 Å². The van der Waals surface area contributed by atoms with Gasteiger partial charge in [0.25, 0.3) is 11.8 Å². The van der Waals surface area contributed by atoms with Crippen molar-refractivity contribution in [3.63, 3.8) is 0 Å². The number of fused-ring (bicyclic) bond motifs is 2. The average Bonchev–Trinajstić information content (AvgIpc) is 3.21. The highest BCUT2D eigenvalue weighted by molar-refractivity contribution is 7.17. The monoisotopic (exact) mass is 551 g/mol. The highest BCUT2D eigenvalue weighted by Gasteiger charge is 2.33. The molecule has 0 saturated carbocycles. The first kappa shape index (κ1) is 25.7. The number of nitrogens with one attached hydrogen (secondary N) is 1. The fourth-order valence-corrected chi connectivity index (χ4v) is 6.64. The highest BCUT2D eigenvalue weighted by atomic mass is 35.5. The van der Waals surface area contributed by atoms with E-state index in [0.717, 1.165) is 35.3 Å². The van der Waals surface area contributed by atoms with Gasteiger partial charge in [-0.1, -0.05) is 68.2 Å². The summed E-state index contributed by atoms with van der Waals surface area (Å²) in [6.07, 6.45) is 2.64. The van der Waals surface area contributed by atoms with Crippen molar-refractivity contribution in [1.29, 1.82) is 0 Å². The number of thiophene rings is 1. The zero-order chi connectivity index (χ0) is 26.5. The molecule has 37 heavy (non-hydrogen) atoms. The topological polar surface area (TPSA) is 85.1 Å². The van der Waals surface area contributed by atoms with Gasteiger partial charge in [-0.05, 0) is 60.4 Å². The molecule has 1 atom stereocenters. The lowest BCUT2D eigenvalue weighted by Gasteiger charge is -2.33. The van der Waals surface area contributed by atoms with Gasteiger partial charge in [-0.25, -0.2) is 4.98 Å². The van der Waals surface area contributed by atoms with Crippen LogP contribution in [0.25, 0.3) is 22.2 Å². The summed E-state index contributed by atoms with van der Waals surface area (Å²) in [5.74, 6) is -0.340. The minimum absolute atomic E-state index is 0.162. The van der Waals surface area contributed by atoms with Gasteiger partial charge in [-0.15, -0.1) is 11.3 Å². The normalized spacial score (nSPS) is 15.4. The first-order valence-corrected chi connectivity index (χ1v) is 13.7. The molecule has 1 aliphatic carbocycles. The molecule has 2 amide bonds. The van der Waals surface area contributed by atoms with Crippen molar-refractivity contribution in [3.05, 3.63) is 80.1 Å². The van der Waals surface area contributed by atoms with E-state index in [0.29, 0.717) is 48.7 Å². The molecule has 8 heteroatoms. The van der Waals surface area contributed by atoms with Gasteiger partial charge in [0.1, 0.15) is 5.00 Å². The Morgan fingerprint density at radius 1 is 1.08 bits per heavy atom. The number of primary amides is 1. The Bertz CT molecular complexity index is 1560. The fraction of sp³-hybridized carbons (Fsp3) is 0.276. The fourth-order valence-electron chi connectivity index (χ4n) is 5.01. The maximum atomic E-state index is 13.7. The molecule has 1 unspecified atom stereocenters. The van der Waals surface area contributed by atoms with E-state index < -0.39 is 5.91 Å². The lowest BCUT2D eigenvalue weighted by atomic mass is 9.72. The maximum Gasteiger partial charge on any atom is 0.257 e. The molecule has 0 saturated heterocycles. The van der Waals surface area contributed by atoms with Crippen molar-refractivity contribution in [1.82, 2.24) is 4.98 Å². The van der Waals surface area contributed by atoms with Gasteiger partial charge in [-0.3, -0.25) is 9.59 Å². The Morgan fingerprint density at radius 3 is 2.54 bits per heavy atom. The number of carbonyl (C=O) groups excluding carboxylic acids is 2. The molecule has 2 aromatic carbocycles. The lowest BCUT2D eigenvalue weighted by molar-refractivity contribution is 0.1000. The molecular weight excluding hydrogens is 525 g/mol. The average molecular weight is 553 g/mol. The van der Waals surface area contributed by atoms with Gasteiger partial charge in [0, 0.05) is 15.8 Å². The third-order valence-electron chi connectivity index (χ3n) is 7.14. The molecule has 2 heterocycles. The Balaban J connectivity index is 1.56. The van der Waals surface area contributed by atoms with Crippen LogP contribution in [0.2, 0.25) is 10.0 Å². The summed E-state index contributed by atoms with van der Waals surface area (Å²) < 4.78 is 0. The first-order chi connectivity index (χ1) is 17.5. The first-order valence-electron chi connectivity index (χ1n) is 12.1. The second kappa shape index (κ2) is 9.75. The number of rotatable bonds is 4. The Morgan fingerprint density at radius 2 is 1.84 bits per heavy atom. The molecule has 190 valence electrons. The minimum Gasteiger partial charge on any atom is -0.365 e. The van der Waals surface area contributed by atoms with E-state index in [2.05, 4.69) is 26.1 Å². The molecule has 5 nitrogen and oxygen atoms in total. The molecule has 0 fully saturated rings. The van der Waals surface area contributed by atoms with Crippen molar-refractivity contribution < 1.29 is 9.59 Å². The third kappa shape index (κ3) is 4.98. The second-order valence-corrected chi connectivity index (χ2v) is 12.5. The molecular formula is C29H27Cl2N3O2S. The van der Waals surface area contributed by atoms with E-state index in [4.69, 9.17) is 33.9 Å². The molecule has 0 radical (unpaired) electrons. The predicted octanol–water partition coefficient (Wildman–Crippen LogP) is 7.77. The number of nitrogens with zero attached hydrogens (tertiary/aromatic N) is 1. The van der Waals surface area contributed by atoms with Crippen molar-refractivity contribution in [2.75, 3.05) is 5.32 Å². The minimum atomic E-state index is -0.516. The van der Waals surface area contributed by atoms with Crippen molar-refractivity contribution in [2.45, 2.75) is 40.0 Å². The van der Waals surface area contributed by atoms with Crippen molar-refractivity contribution >= 4 is 62.3 Å². The summed E-state index contributed by atoms with van der Waals surface area (Å²) in [5.41, 5.74) is 9.84. The van der Waals surface area contributed by atoms with Gasteiger partial charge in [0.15, 0.2) is 0 Å². The van der Waals surface area contributed by atoms with E-state index in [1.165, 1.54) is 11.3 Å². The van der Waals surface area contributed by atoms with Crippen LogP contribution in [0.1, 0.15) is 58.3 Å². The number of carbonyl (C=O) groups is 2. The van der Waals surface area contributed by atoms with Crippen LogP contribution in [-0.4, -0.2) is 16.8 Å². The van der Waals surface area contributed by atoms with E-state index >= 15 is 0 Å². The quantitative estimate of drug-likeness (QED) is 0.271. The number of para-hydroxylation sites is 1. The molecule has 1 aliphatic rings. The number of nitrogens with two attached hydrogens (primary N) is 1. The largest absolute Gasteiger partial charge is 0.365 e. The second-order valence-electron chi connectivity index (χ2n) is 10.5. The number of amides is 2. The van der Waals surface area contributed by atoms with Gasteiger partial charge in [0.05, 0.1) is 32.4 Å². The molecule has 5 rings (SSSR count). The molecule has 3 N–H and O–H groups in total. The predicted molar refractivity (Wildman–Crippen MR) is 153 cm³/mol. The lowest BCUT2D eigenvalue weighted by Crippen LogP contribution is -2.27. The van der Waals surface area contributed by atoms with E-state index in [1.54, 1.807) is 18.2 Å². The van der Waals surface area contributed by atoms with E-state index in [9.17, 15) is 9.59 Å². The standard InChI is InChI=1S/C29H27Cl2N3O2S/c1-29(2,3)16-9-10-18-24(13-16)37-28(25(18)26(32)35)34-27(36)19-14-23(15-8-11-20(30)21(31)12-15)33-22-7-5-4-6-17(19)22/h4-8,11-12,14,16H,9-10,13H2,1-3H3,(H2,32,35)(H,34,36). The number of halogens is 2. The maximum absolute atomic E-state index is 13.7. The van der Waals surface area contributed by atoms with Crippen molar-refractivity contribution in [2.24, 2.45) is 17.1 Å². The highest BCUT2D eigenvalue weighted by Crippen LogP contribution is 2.44. The molecule has 2 aromatic heterocycles. The van der Waals surface area contributed by atoms with Crippen LogP contribution >= 0.6 is 34.5 Å². The summed E-state index contributed by atoms with van der Waals surface area (Å²) in [5, 5.41) is 5.08. The Labute approximate surface area is 230 Å². The number of anilines is 1. The van der Waals surface area contributed by atoms with Gasteiger partial charge in [-0.2, -0.15) is 0 Å². The zero-order valence-electron chi connectivity index (χ0n) is 20.8. The summed E-state index contributed by atoms with van der Waals surface area (Å²) in [7, 11) is 0. The number of pyridine rings is 1. The number of hydrogen-bond donors (Lipinski definition) is 2. The van der Waals surface area contributed by atoms with Crippen LogP contribution in [0.5, 0.6) is 0 Å². The number of hydrogen-bond acceptors (Lipinski definition) is 4. The summed E-state index contributed by atoms with van der Waals surface area (Å²) in [6, 6.07) is 14.5. The summed E-state index contributed by atoms with van der Waals surface area (Å²) in [6.45, 7) is 6.73.